The van der Waals surface area contributed by atoms with Crippen molar-refractivity contribution in [2.45, 2.75) is 0 Å². The maximum atomic E-state index is 12.5. The smallest absolute Gasteiger partial charge is 0.354 e. The number of para-hydroxylation sites is 2. The van der Waals surface area contributed by atoms with Crippen LogP contribution in [0.15, 0.2) is 36.5 Å². The number of carbonyl (C=O) groups is 2. The number of hydrogen-bond donors (Lipinski definition) is 1. The molecule has 0 bridgehead atoms. The van der Waals surface area contributed by atoms with Crippen LogP contribution in [0, 0.1) is 0 Å². The van der Waals surface area contributed by atoms with Crippen LogP contribution in [-0.4, -0.2) is 40.1 Å². The molecule has 106 valence electrons. The molecule has 3 rings (SSSR count). The lowest BCUT2D eigenvalue weighted by atomic mass is 10.2. The minimum Gasteiger partial charge on any atom is -0.490 e. The molecule has 1 aromatic carbocycles. The summed E-state index contributed by atoms with van der Waals surface area (Å²) in [6, 6.07) is 8.37. The summed E-state index contributed by atoms with van der Waals surface area (Å²) in [6.07, 6.45) is 1.26. The van der Waals surface area contributed by atoms with E-state index < -0.39 is 11.9 Å². The van der Waals surface area contributed by atoms with Gasteiger partial charge in [0.25, 0.3) is 5.91 Å². The zero-order valence-corrected chi connectivity index (χ0v) is 10.9. The number of carboxylic acid groups (broad SMARTS) is 1. The summed E-state index contributed by atoms with van der Waals surface area (Å²) < 4.78 is 5.47. The van der Waals surface area contributed by atoms with Crippen molar-refractivity contribution in [3.8, 4) is 5.75 Å². The van der Waals surface area contributed by atoms with Crippen molar-refractivity contribution < 1.29 is 19.4 Å². The van der Waals surface area contributed by atoms with Gasteiger partial charge in [0.05, 0.1) is 12.2 Å². The molecule has 7 heteroatoms. The van der Waals surface area contributed by atoms with E-state index in [1.807, 2.05) is 6.07 Å². The van der Waals surface area contributed by atoms with Crippen molar-refractivity contribution in [3.63, 3.8) is 0 Å². The van der Waals surface area contributed by atoms with E-state index in [9.17, 15) is 9.59 Å². The summed E-state index contributed by atoms with van der Waals surface area (Å²) in [5.41, 5.74) is 0.410. The monoisotopic (exact) mass is 285 g/mol. The van der Waals surface area contributed by atoms with Crippen LogP contribution < -0.4 is 9.64 Å². The van der Waals surface area contributed by atoms with E-state index in [1.165, 1.54) is 17.2 Å². The number of rotatable bonds is 2. The van der Waals surface area contributed by atoms with Gasteiger partial charge >= 0.3 is 5.97 Å². The van der Waals surface area contributed by atoms with E-state index in [2.05, 4.69) is 9.97 Å². The standard InChI is InChI=1S/C14H11N3O4/c18-13(12-15-6-5-9(16-12)14(19)20)17-7-8-21-11-4-2-1-3-10(11)17/h1-6H,7-8H2,(H,19,20). The van der Waals surface area contributed by atoms with Gasteiger partial charge in [0.2, 0.25) is 5.82 Å². The van der Waals surface area contributed by atoms with Gasteiger partial charge in [-0.05, 0) is 18.2 Å². The molecule has 0 unspecified atom stereocenters. The van der Waals surface area contributed by atoms with Crippen LogP contribution in [0.25, 0.3) is 0 Å². The molecule has 0 atom stereocenters. The third-order valence-electron chi connectivity index (χ3n) is 3.04. The zero-order chi connectivity index (χ0) is 14.8. The number of fused-ring (bicyclic) bond motifs is 1. The average molecular weight is 285 g/mol. The van der Waals surface area contributed by atoms with Crippen molar-refractivity contribution in [1.29, 1.82) is 0 Å². The molecule has 1 aromatic heterocycles. The molecule has 0 radical (unpaired) electrons. The summed E-state index contributed by atoms with van der Waals surface area (Å²) in [5, 5.41) is 8.92. The van der Waals surface area contributed by atoms with Crippen molar-refractivity contribution in [3.05, 3.63) is 48.0 Å². The molecule has 1 aliphatic rings. The van der Waals surface area contributed by atoms with E-state index in [4.69, 9.17) is 9.84 Å². The van der Waals surface area contributed by atoms with Crippen LogP contribution >= 0.6 is 0 Å². The Labute approximate surface area is 119 Å². The first-order valence-corrected chi connectivity index (χ1v) is 6.27. The lowest BCUT2D eigenvalue weighted by Gasteiger charge is -2.28. The molecule has 7 nitrogen and oxygen atoms in total. The summed E-state index contributed by atoms with van der Waals surface area (Å²) in [5.74, 6) is -1.19. The van der Waals surface area contributed by atoms with Crippen molar-refractivity contribution in [2.75, 3.05) is 18.1 Å². The number of anilines is 1. The second kappa shape index (κ2) is 5.20. The summed E-state index contributed by atoms with van der Waals surface area (Å²) in [6.45, 7) is 0.720. The Kier molecular flexibility index (Phi) is 3.23. The minimum atomic E-state index is -1.20. The number of amides is 1. The maximum Gasteiger partial charge on any atom is 0.354 e. The molecule has 0 fully saturated rings. The predicted octanol–water partition coefficient (Wildman–Crippen LogP) is 1.21. The zero-order valence-electron chi connectivity index (χ0n) is 10.9. The summed E-state index contributed by atoms with van der Waals surface area (Å²) >= 11 is 0. The fourth-order valence-electron chi connectivity index (χ4n) is 2.08. The van der Waals surface area contributed by atoms with Crippen molar-refractivity contribution in [1.82, 2.24) is 9.97 Å². The first-order chi connectivity index (χ1) is 10.2. The molecule has 1 amide bonds. The molecule has 0 spiro atoms. The molecule has 2 heterocycles. The molecular weight excluding hydrogens is 274 g/mol. The molecule has 0 aliphatic carbocycles. The van der Waals surface area contributed by atoms with Crippen LogP contribution in [0.3, 0.4) is 0 Å². The number of benzene rings is 1. The number of carbonyl (C=O) groups excluding carboxylic acids is 1. The van der Waals surface area contributed by atoms with E-state index in [0.717, 1.165) is 0 Å². The predicted molar refractivity (Wildman–Crippen MR) is 72.6 cm³/mol. The molecular formula is C14H11N3O4. The van der Waals surface area contributed by atoms with Crippen molar-refractivity contribution >= 4 is 17.6 Å². The van der Waals surface area contributed by atoms with E-state index in [-0.39, 0.29) is 11.5 Å². The topological polar surface area (TPSA) is 92.6 Å². The Hall–Kier alpha value is -2.96. The summed E-state index contributed by atoms with van der Waals surface area (Å²) in [4.78, 5) is 32.5. The Balaban J connectivity index is 1.96. The molecule has 1 aliphatic heterocycles. The van der Waals surface area contributed by atoms with Gasteiger partial charge in [0.15, 0.2) is 5.69 Å². The van der Waals surface area contributed by atoms with E-state index >= 15 is 0 Å². The molecule has 21 heavy (non-hydrogen) atoms. The van der Waals surface area contributed by atoms with Crippen LogP contribution in [-0.2, 0) is 0 Å². The Morgan fingerprint density at radius 3 is 2.86 bits per heavy atom. The third kappa shape index (κ3) is 2.40. The number of ether oxygens (including phenoxy) is 1. The SMILES string of the molecule is O=C(O)c1ccnc(C(=O)N2CCOc3ccccc32)n1. The van der Waals surface area contributed by atoms with Crippen LogP contribution in [0.2, 0.25) is 0 Å². The number of hydrogen-bond acceptors (Lipinski definition) is 5. The second-order valence-corrected chi connectivity index (χ2v) is 4.34. The first kappa shape index (κ1) is 13.0. The minimum absolute atomic E-state index is 0.147. The van der Waals surface area contributed by atoms with Gasteiger partial charge in [-0.25, -0.2) is 14.8 Å². The molecule has 0 saturated heterocycles. The van der Waals surface area contributed by atoms with Crippen molar-refractivity contribution in [2.24, 2.45) is 0 Å². The highest BCUT2D eigenvalue weighted by Gasteiger charge is 2.26. The van der Waals surface area contributed by atoms with Gasteiger partial charge in [-0.2, -0.15) is 0 Å². The normalized spacial score (nSPS) is 13.2. The number of carboxylic acids is 1. The highest BCUT2D eigenvalue weighted by molar-refractivity contribution is 6.05. The van der Waals surface area contributed by atoms with Gasteiger partial charge in [0, 0.05) is 6.20 Å². The molecule has 2 aromatic rings. The van der Waals surface area contributed by atoms with Crippen LogP contribution in [0.1, 0.15) is 21.1 Å². The number of aromatic carboxylic acids is 1. The van der Waals surface area contributed by atoms with Gasteiger partial charge in [-0.3, -0.25) is 9.69 Å². The fraction of sp³-hybridized carbons (Fsp3) is 0.143. The maximum absolute atomic E-state index is 12.5. The highest BCUT2D eigenvalue weighted by Crippen LogP contribution is 2.31. The lowest BCUT2D eigenvalue weighted by Crippen LogP contribution is -2.38. The van der Waals surface area contributed by atoms with E-state index in [1.54, 1.807) is 18.2 Å². The van der Waals surface area contributed by atoms with Crippen LogP contribution in [0.4, 0.5) is 5.69 Å². The average Bonchev–Trinajstić information content (AvgIpc) is 2.53. The fourth-order valence-corrected chi connectivity index (χ4v) is 2.08. The van der Waals surface area contributed by atoms with E-state index in [0.29, 0.717) is 24.6 Å². The third-order valence-corrected chi connectivity index (χ3v) is 3.04. The first-order valence-electron chi connectivity index (χ1n) is 6.27. The lowest BCUT2D eigenvalue weighted by molar-refractivity contribution is 0.0690. The largest absolute Gasteiger partial charge is 0.490 e. The quantitative estimate of drug-likeness (QED) is 0.891. The van der Waals surface area contributed by atoms with Gasteiger partial charge in [-0.1, -0.05) is 12.1 Å². The molecule has 0 saturated carbocycles. The second-order valence-electron chi connectivity index (χ2n) is 4.34. The van der Waals surface area contributed by atoms with Gasteiger partial charge in [-0.15, -0.1) is 0 Å². The van der Waals surface area contributed by atoms with Crippen LogP contribution in [0.5, 0.6) is 5.75 Å². The highest BCUT2D eigenvalue weighted by atomic mass is 16.5. The summed E-state index contributed by atoms with van der Waals surface area (Å²) in [7, 11) is 0. The van der Waals surface area contributed by atoms with Gasteiger partial charge in [0.1, 0.15) is 12.4 Å². The Morgan fingerprint density at radius 2 is 2.05 bits per heavy atom. The number of nitrogens with zero attached hydrogens (tertiary/aromatic N) is 3. The van der Waals surface area contributed by atoms with Gasteiger partial charge < -0.3 is 9.84 Å². The molecule has 1 N–H and O–H groups in total. The number of aromatic nitrogens is 2. The Bertz CT molecular complexity index is 717. The Morgan fingerprint density at radius 1 is 1.24 bits per heavy atom.